The van der Waals surface area contributed by atoms with E-state index >= 15 is 0 Å². The molecule has 0 aliphatic heterocycles. The molecular formula is C20H20N2O3S. The van der Waals surface area contributed by atoms with Gasteiger partial charge in [0.2, 0.25) is 0 Å². The molecule has 3 aromatic carbocycles. The summed E-state index contributed by atoms with van der Waals surface area (Å²) in [4.78, 5) is 0.276. The van der Waals surface area contributed by atoms with E-state index in [1.807, 2.05) is 42.5 Å². The monoisotopic (exact) mass is 368 g/mol. The van der Waals surface area contributed by atoms with Crippen LogP contribution in [-0.4, -0.2) is 15.5 Å². The molecular weight excluding hydrogens is 348 g/mol. The molecule has 0 fully saturated rings. The Labute approximate surface area is 153 Å². The largest absolute Gasteiger partial charge is 0.497 e. The molecule has 3 aromatic rings. The van der Waals surface area contributed by atoms with Crippen LogP contribution < -0.4 is 14.8 Å². The summed E-state index contributed by atoms with van der Waals surface area (Å²) in [5, 5.41) is 3.25. The van der Waals surface area contributed by atoms with Crippen LogP contribution in [0.2, 0.25) is 0 Å². The topological polar surface area (TPSA) is 67.4 Å². The summed E-state index contributed by atoms with van der Waals surface area (Å²) in [6, 6.07) is 21.5. The molecule has 0 bridgehead atoms. The van der Waals surface area contributed by atoms with Crippen LogP contribution in [0.4, 0.5) is 17.1 Å². The molecule has 2 N–H and O–H groups in total. The highest BCUT2D eigenvalue weighted by Gasteiger charge is 2.16. The van der Waals surface area contributed by atoms with Gasteiger partial charge in [-0.3, -0.25) is 4.72 Å². The molecule has 0 amide bonds. The number of benzene rings is 3. The summed E-state index contributed by atoms with van der Waals surface area (Å²) >= 11 is 0. The second-order valence-corrected chi connectivity index (χ2v) is 7.46. The van der Waals surface area contributed by atoms with Crippen LogP contribution in [0.15, 0.2) is 77.7 Å². The van der Waals surface area contributed by atoms with E-state index in [9.17, 15) is 8.42 Å². The highest BCUT2D eigenvalue weighted by atomic mass is 32.2. The van der Waals surface area contributed by atoms with E-state index in [1.165, 1.54) is 0 Å². The Kier molecular flexibility index (Phi) is 5.14. The predicted molar refractivity (Wildman–Crippen MR) is 105 cm³/mol. The number of hydrogen-bond acceptors (Lipinski definition) is 4. The van der Waals surface area contributed by atoms with Gasteiger partial charge < -0.3 is 10.1 Å². The van der Waals surface area contributed by atoms with Crippen LogP contribution in [0.1, 0.15) is 5.56 Å². The lowest BCUT2D eigenvalue weighted by Crippen LogP contribution is -2.14. The van der Waals surface area contributed by atoms with Crippen molar-refractivity contribution >= 4 is 27.1 Å². The fourth-order valence-corrected chi connectivity index (χ4v) is 3.86. The number of ether oxygens (including phenoxy) is 1. The lowest BCUT2D eigenvalue weighted by Gasteiger charge is -2.12. The first-order valence-corrected chi connectivity index (χ1v) is 9.56. The minimum Gasteiger partial charge on any atom is -0.497 e. The van der Waals surface area contributed by atoms with Crippen molar-refractivity contribution in [3.05, 3.63) is 78.4 Å². The Morgan fingerprint density at radius 3 is 2.19 bits per heavy atom. The van der Waals surface area contributed by atoms with Gasteiger partial charge in [0.15, 0.2) is 0 Å². The Morgan fingerprint density at radius 1 is 0.808 bits per heavy atom. The molecule has 5 nitrogen and oxygen atoms in total. The van der Waals surface area contributed by atoms with Gasteiger partial charge >= 0.3 is 0 Å². The fourth-order valence-electron chi connectivity index (χ4n) is 2.56. The molecule has 0 aromatic heterocycles. The highest BCUT2D eigenvalue weighted by Crippen LogP contribution is 2.24. The molecule has 134 valence electrons. The average Bonchev–Trinajstić information content (AvgIpc) is 2.63. The SMILES string of the molecule is COc1cccc(Nc2ccc(NS(=O)(=O)c3ccccc3C)cc2)c1. The molecule has 0 radical (unpaired) electrons. The normalized spacial score (nSPS) is 11.0. The van der Waals surface area contributed by atoms with Crippen molar-refractivity contribution in [3.63, 3.8) is 0 Å². The van der Waals surface area contributed by atoms with Crippen LogP contribution >= 0.6 is 0 Å². The Morgan fingerprint density at radius 2 is 1.50 bits per heavy atom. The van der Waals surface area contributed by atoms with Gasteiger partial charge in [0.1, 0.15) is 5.75 Å². The molecule has 0 spiro atoms. The van der Waals surface area contributed by atoms with E-state index < -0.39 is 10.0 Å². The van der Waals surface area contributed by atoms with Gasteiger partial charge in [-0.15, -0.1) is 0 Å². The molecule has 0 aliphatic rings. The number of nitrogens with one attached hydrogen (secondary N) is 2. The smallest absolute Gasteiger partial charge is 0.262 e. The summed E-state index contributed by atoms with van der Waals surface area (Å²) in [7, 11) is -1.99. The highest BCUT2D eigenvalue weighted by molar-refractivity contribution is 7.92. The van der Waals surface area contributed by atoms with Gasteiger partial charge in [-0.2, -0.15) is 0 Å². The molecule has 0 saturated carbocycles. The standard InChI is InChI=1S/C20H20N2O3S/c1-15-6-3-4-9-20(15)26(23,24)22-17-12-10-16(11-13-17)21-18-7-5-8-19(14-18)25-2/h3-14,21-22H,1-2H3. The first kappa shape index (κ1) is 17.8. The van der Waals surface area contributed by atoms with Crippen LogP contribution in [0.25, 0.3) is 0 Å². The molecule has 0 unspecified atom stereocenters. The first-order valence-electron chi connectivity index (χ1n) is 8.07. The van der Waals surface area contributed by atoms with Crippen molar-refractivity contribution in [2.45, 2.75) is 11.8 Å². The van der Waals surface area contributed by atoms with Crippen molar-refractivity contribution in [2.24, 2.45) is 0 Å². The summed E-state index contributed by atoms with van der Waals surface area (Å²) in [5.41, 5.74) is 2.94. The maximum atomic E-state index is 12.5. The third-order valence-electron chi connectivity index (χ3n) is 3.88. The summed E-state index contributed by atoms with van der Waals surface area (Å²) in [6.07, 6.45) is 0. The molecule has 0 atom stereocenters. The van der Waals surface area contributed by atoms with E-state index in [0.717, 1.165) is 17.1 Å². The average molecular weight is 368 g/mol. The molecule has 6 heteroatoms. The number of sulfonamides is 1. The van der Waals surface area contributed by atoms with Gasteiger partial charge in [0, 0.05) is 23.1 Å². The Bertz CT molecular complexity index is 1000. The summed E-state index contributed by atoms with van der Waals surface area (Å²) in [6.45, 7) is 1.77. The third kappa shape index (κ3) is 4.15. The van der Waals surface area contributed by atoms with Crippen molar-refractivity contribution < 1.29 is 13.2 Å². The second kappa shape index (κ2) is 7.49. The van der Waals surface area contributed by atoms with Crippen molar-refractivity contribution in [1.29, 1.82) is 0 Å². The lowest BCUT2D eigenvalue weighted by molar-refractivity contribution is 0.415. The van der Waals surface area contributed by atoms with E-state index in [1.54, 1.807) is 44.4 Å². The van der Waals surface area contributed by atoms with Gasteiger partial charge in [-0.05, 0) is 55.0 Å². The van der Waals surface area contributed by atoms with Crippen LogP contribution in [0, 0.1) is 6.92 Å². The zero-order valence-corrected chi connectivity index (χ0v) is 15.4. The minimum absolute atomic E-state index is 0.276. The lowest BCUT2D eigenvalue weighted by atomic mass is 10.2. The van der Waals surface area contributed by atoms with E-state index in [-0.39, 0.29) is 4.90 Å². The van der Waals surface area contributed by atoms with Crippen molar-refractivity contribution in [2.75, 3.05) is 17.1 Å². The summed E-state index contributed by atoms with van der Waals surface area (Å²) in [5.74, 6) is 0.762. The van der Waals surface area contributed by atoms with E-state index in [2.05, 4.69) is 10.0 Å². The zero-order chi connectivity index (χ0) is 18.6. The zero-order valence-electron chi connectivity index (χ0n) is 14.6. The maximum Gasteiger partial charge on any atom is 0.262 e. The van der Waals surface area contributed by atoms with E-state index in [4.69, 9.17) is 4.74 Å². The number of aryl methyl sites for hydroxylation is 1. The number of anilines is 3. The Balaban J connectivity index is 1.74. The van der Waals surface area contributed by atoms with E-state index in [0.29, 0.717) is 11.3 Å². The van der Waals surface area contributed by atoms with Gasteiger partial charge in [-0.1, -0.05) is 24.3 Å². The van der Waals surface area contributed by atoms with Gasteiger partial charge in [-0.25, -0.2) is 8.42 Å². The van der Waals surface area contributed by atoms with Crippen molar-refractivity contribution in [3.8, 4) is 5.75 Å². The predicted octanol–water partition coefficient (Wildman–Crippen LogP) is 4.55. The van der Waals surface area contributed by atoms with Crippen LogP contribution in [0.3, 0.4) is 0 Å². The quantitative estimate of drug-likeness (QED) is 0.670. The Hall–Kier alpha value is -2.99. The van der Waals surface area contributed by atoms with Crippen molar-refractivity contribution in [1.82, 2.24) is 0 Å². The number of hydrogen-bond donors (Lipinski definition) is 2. The second-order valence-electron chi connectivity index (χ2n) is 5.81. The number of methoxy groups -OCH3 is 1. The van der Waals surface area contributed by atoms with Crippen LogP contribution in [-0.2, 0) is 10.0 Å². The molecule has 0 saturated heterocycles. The van der Waals surface area contributed by atoms with Gasteiger partial charge in [0.05, 0.1) is 12.0 Å². The fraction of sp³-hybridized carbons (Fsp3) is 0.100. The first-order chi connectivity index (χ1) is 12.5. The molecule has 26 heavy (non-hydrogen) atoms. The minimum atomic E-state index is -3.61. The number of rotatable bonds is 6. The molecule has 0 aliphatic carbocycles. The van der Waals surface area contributed by atoms with Gasteiger partial charge in [0.25, 0.3) is 10.0 Å². The molecule has 0 heterocycles. The maximum absolute atomic E-state index is 12.5. The molecule has 3 rings (SSSR count). The van der Waals surface area contributed by atoms with Crippen LogP contribution in [0.5, 0.6) is 5.75 Å². The third-order valence-corrected chi connectivity index (χ3v) is 5.42. The summed E-state index contributed by atoms with van der Waals surface area (Å²) < 4.78 is 32.9.